The maximum Gasteiger partial charge on any atom is 0.472 e. The van der Waals surface area contributed by atoms with E-state index in [2.05, 4.69) is 34.6 Å². The maximum atomic E-state index is 13.1. The van der Waals surface area contributed by atoms with Gasteiger partial charge in [0, 0.05) is 25.7 Å². The van der Waals surface area contributed by atoms with Crippen molar-refractivity contribution in [3.8, 4) is 0 Å². The van der Waals surface area contributed by atoms with Crippen LogP contribution in [0.15, 0.2) is 0 Å². The number of aliphatic hydroxyl groups excluding tert-OH is 1. The van der Waals surface area contributed by atoms with Crippen molar-refractivity contribution in [3.05, 3.63) is 0 Å². The lowest BCUT2D eigenvalue weighted by Crippen LogP contribution is -2.30. The van der Waals surface area contributed by atoms with Crippen molar-refractivity contribution < 1.29 is 80.2 Å². The summed E-state index contributed by atoms with van der Waals surface area (Å²) in [6.07, 6.45) is 55.5. The highest BCUT2D eigenvalue weighted by atomic mass is 31.2. The van der Waals surface area contributed by atoms with Crippen molar-refractivity contribution in [2.45, 2.75) is 406 Å². The maximum absolute atomic E-state index is 13.1. The molecule has 0 aromatic carbocycles. The molecule has 0 bridgehead atoms. The Balaban J connectivity index is 5.17. The number of hydrogen-bond donors (Lipinski definition) is 3. The van der Waals surface area contributed by atoms with Gasteiger partial charge in [-0.1, -0.05) is 336 Å². The average Bonchev–Trinajstić information content (AvgIpc) is 2.66. The number of phosphoric acid groups is 2. The molecule has 0 aromatic heterocycles. The van der Waals surface area contributed by atoms with E-state index in [0.717, 1.165) is 95.8 Å². The third kappa shape index (κ3) is 67.0. The summed E-state index contributed by atoms with van der Waals surface area (Å²) in [5.74, 6) is -1.34. The summed E-state index contributed by atoms with van der Waals surface area (Å²) in [4.78, 5) is 72.6. The van der Waals surface area contributed by atoms with E-state index < -0.39 is 97.5 Å². The topological polar surface area (TPSA) is 237 Å². The molecule has 0 heterocycles. The summed E-state index contributed by atoms with van der Waals surface area (Å²) in [7, 11) is -9.90. The van der Waals surface area contributed by atoms with E-state index in [1.165, 1.54) is 212 Å². The van der Waals surface area contributed by atoms with Crippen LogP contribution in [0.2, 0.25) is 0 Å². The zero-order valence-corrected chi connectivity index (χ0v) is 62.2. The first-order chi connectivity index (χ1) is 45.1. The molecule has 0 aliphatic heterocycles. The Kier molecular flexibility index (Phi) is 65.9. The summed E-state index contributed by atoms with van der Waals surface area (Å²) in [5, 5.41) is 10.6. The molecule has 0 spiro atoms. The SMILES string of the molecule is CCCCCCCCCCCCCCCCCCCCCCCC(=O)O[C@H](COC(=O)CCCCCCCCCCC(C)CC)COP(=O)(O)OC[C@@H](O)COP(=O)(O)OC[C@@H](COC(=O)CCCCCCCCCCCC)OC(=O)CCCCCCCCCCCC. The summed E-state index contributed by atoms with van der Waals surface area (Å²) in [6, 6.07) is 0. The Bertz CT molecular complexity index is 1790. The van der Waals surface area contributed by atoms with E-state index in [0.29, 0.717) is 25.7 Å². The first-order valence-electron chi connectivity index (χ1n) is 38.7. The highest BCUT2D eigenvalue weighted by Gasteiger charge is 2.30. The molecule has 0 aliphatic carbocycles. The summed E-state index contributed by atoms with van der Waals surface area (Å²) in [6.45, 7) is 7.26. The van der Waals surface area contributed by atoms with Crippen molar-refractivity contribution >= 4 is 39.5 Å². The molecule has 19 heteroatoms. The van der Waals surface area contributed by atoms with Gasteiger partial charge in [-0.05, 0) is 31.6 Å². The molecule has 0 aliphatic rings. The molecule has 17 nitrogen and oxygen atoms in total. The highest BCUT2D eigenvalue weighted by Crippen LogP contribution is 2.45. The van der Waals surface area contributed by atoms with Gasteiger partial charge in [-0.25, -0.2) is 9.13 Å². The number of phosphoric ester groups is 2. The fraction of sp³-hybridized carbons (Fsp3) is 0.946. The smallest absolute Gasteiger partial charge is 0.462 e. The van der Waals surface area contributed by atoms with Crippen LogP contribution in [0, 0.1) is 5.92 Å². The molecular formula is C74H144O17P2. The van der Waals surface area contributed by atoms with E-state index in [-0.39, 0.29) is 25.7 Å². The van der Waals surface area contributed by atoms with Gasteiger partial charge in [0.15, 0.2) is 12.2 Å². The van der Waals surface area contributed by atoms with Gasteiger partial charge >= 0.3 is 39.5 Å². The summed E-state index contributed by atoms with van der Waals surface area (Å²) in [5.41, 5.74) is 0. The molecule has 93 heavy (non-hydrogen) atoms. The molecule has 0 saturated heterocycles. The predicted molar refractivity (Wildman–Crippen MR) is 377 cm³/mol. The Morgan fingerprint density at radius 1 is 0.301 bits per heavy atom. The Labute approximate surface area is 568 Å². The van der Waals surface area contributed by atoms with Gasteiger partial charge < -0.3 is 33.8 Å². The minimum Gasteiger partial charge on any atom is -0.462 e. The lowest BCUT2D eigenvalue weighted by molar-refractivity contribution is -0.161. The molecule has 0 fully saturated rings. The molecular weight excluding hydrogens is 1220 g/mol. The standard InChI is InChI=1S/C74H144O17P2/c1-6-10-13-16-19-22-25-26-27-28-29-30-31-32-33-34-35-38-45-50-55-60-74(79)91-70(64-85-72(77)58-53-48-43-40-39-41-46-51-56-67(5)9-4)66-89-93(82,83)87-62-68(75)61-86-92(80,81)88-65-69(90-73(78)59-54-49-44-37-24-21-18-15-12-8-3)63-84-71(76)57-52-47-42-36-23-20-17-14-11-7-2/h67-70,75H,6-66H2,1-5H3,(H,80,81)(H,82,83)/t67?,68-,69+,70+/m0/s1. The third-order valence-corrected chi connectivity index (χ3v) is 19.5. The van der Waals surface area contributed by atoms with Gasteiger partial charge in [-0.2, -0.15) is 0 Å². The molecule has 0 aromatic rings. The fourth-order valence-corrected chi connectivity index (χ4v) is 12.9. The van der Waals surface area contributed by atoms with E-state index in [1.807, 2.05) is 0 Å². The number of unbranched alkanes of at least 4 members (excludes halogenated alkanes) is 45. The van der Waals surface area contributed by atoms with Crippen LogP contribution in [-0.4, -0.2) is 96.7 Å². The van der Waals surface area contributed by atoms with E-state index in [4.69, 9.17) is 37.0 Å². The van der Waals surface area contributed by atoms with Gasteiger partial charge in [0.1, 0.15) is 19.3 Å². The van der Waals surface area contributed by atoms with Crippen LogP contribution in [0.3, 0.4) is 0 Å². The Hall–Kier alpha value is -1.94. The van der Waals surface area contributed by atoms with Crippen LogP contribution >= 0.6 is 15.6 Å². The first-order valence-corrected chi connectivity index (χ1v) is 41.7. The van der Waals surface area contributed by atoms with Crippen LogP contribution in [0.4, 0.5) is 0 Å². The molecule has 0 saturated carbocycles. The summed E-state index contributed by atoms with van der Waals surface area (Å²) < 4.78 is 68.4. The second-order valence-corrected chi connectivity index (χ2v) is 29.8. The Morgan fingerprint density at radius 2 is 0.516 bits per heavy atom. The second kappa shape index (κ2) is 67.3. The molecule has 6 atom stereocenters. The van der Waals surface area contributed by atoms with Gasteiger partial charge in [-0.15, -0.1) is 0 Å². The zero-order valence-electron chi connectivity index (χ0n) is 60.4. The van der Waals surface area contributed by atoms with Gasteiger partial charge in [0.2, 0.25) is 0 Å². The lowest BCUT2D eigenvalue weighted by Gasteiger charge is -2.21. The van der Waals surface area contributed by atoms with E-state index in [9.17, 15) is 43.2 Å². The van der Waals surface area contributed by atoms with E-state index in [1.54, 1.807) is 0 Å². The molecule has 0 rings (SSSR count). The van der Waals surface area contributed by atoms with Crippen LogP contribution < -0.4 is 0 Å². The van der Waals surface area contributed by atoms with Crippen LogP contribution in [0.1, 0.15) is 388 Å². The van der Waals surface area contributed by atoms with Crippen molar-refractivity contribution in [1.82, 2.24) is 0 Å². The normalized spacial score (nSPS) is 14.3. The van der Waals surface area contributed by atoms with Gasteiger partial charge in [0.25, 0.3) is 0 Å². The monoisotopic (exact) mass is 1370 g/mol. The minimum atomic E-state index is -4.95. The van der Waals surface area contributed by atoms with Crippen LogP contribution in [0.25, 0.3) is 0 Å². The van der Waals surface area contributed by atoms with Gasteiger partial charge in [-0.3, -0.25) is 37.3 Å². The van der Waals surface area contributed by atoms with Crippen molar-refractivity contribution in [2.24, 2.45) is 5.92 Å². The number of aliphatic hydroxyl groups is 1. The number of carbonyl (C=O) groups excluding carboxylic acids is 4. The number of carbonyl (C=O) groups is 4. The average molecular weight is 1370 g/mol. The first kappa shape index (κ1) is 91.1. The molecule has 552 valence electrons. The predicted octanol–water partition coefficient (Wildman–Crippen LogP) is 21.7. The van der Waals surface area contributed by atoms with Crippen molar-refractivity contribution in [1.29, 1.82) is 0 Å². The van der Waals surface area contributed by atoms with Crippen molar-refractivity contribution in [2.75, 3.05) is 39.6 Å². The molecule has 3 N–H and O–H groups in total. The zero-order chi connectivity index (χ0) is 68.4. The fourth-order valence-electron chi connectivity index (χ4n) is 11.3. The second-order valence-electron chi connectivity index (χ2n) is 26.9. The quantitative estimate of drug-likeness (QED) is 0.0222. The highest BCUT2D eigenvalue weighted by molar-refractivity contribution is 7.47. The molecule has 0 amide bonds. The largest absolute Gasteiger partial charge is 0.472 e. The third-order valence-electron chi connectivity index (χ3n) is 17.6. The molecule has 0 radical (unpaired) electrons. The lowest BCUT2D eigenvalue weighted by atomic mass is 9.99. The number of esters is 4. The minimum absolute atomic E-state index is 0.107. The van der Waals surface area contributed by atoms with Gasteiger partial charge in [0.05, 0.1) is 26.4 Å². The van der Waals surface area contributed by atoms with Crippen LogP contribution in [-0.2, 0) is 65.4 Å². The Morgan fingerprint density at radius 3 is 0.763 bits per heavy atom. The number of rotatable bonds is 74. The summed E-state index contributed by atoms with van der Waals surface area (Å²) >= 11 is 0. The molecule has 3 unspecified atom stereocenters. The number of hydrogen-bond acceptors (Lipinski definition) is 15. The van der Waals surface area contributed by atoms with Crippen molar-refractivity contribution in [3.63, 3.8) is 0 Å². The van der Waals surface area contributed by atoms with Crippen LogP contribution in [0.5, 0.6) is 0 Å². The van der Waals surface area contributed by atoms with E-state index >= 15 is 0 Å². The number of ether oxygens (including phenoxy) is 4.